The summed E-state index contributed by atoms with van der Waals surface area (Å²) in [5, 5.41) is 7.39. The minimum Gasteiger partial charge on any atom is -0.382 e. The van der Waals surface area contributed by atoms with Gasteiger partial charge in [-0.3, -0.25) is 9.69 Å². The number of nitrogen functional groups attached to an aromatic ring is 1. The highest BCUT2D eigenvalue weighted by Crippen LogP contribution is 2.34. The van der Waals surface area contributed by atoms with Crippen LogP contribution >= 0.6 is 11.6 Å². The van der Waals surface area contributed by atoms with Crippen LogP contribution < -0.4 is 15.5 Å². The number of nitrogens with two attached hydrogens (primary N) is 1. The van der Waals surface area contributed by atoms with Gasteiger partial charge in [-0.15, -0.1) is 10.2 Å². The second kappa shape index (κ2) is 10.6. The molecule has 1 fully saturated rings. The molecular weight excluding hydrogens is 512 g/mol. The molecule has 0 spiro atoms. The molecule has 1 saturated heterocycles. The number of benzene rings is 1. The molecule has 1 amide bonds. The summed E-state index contributed by atoms with van der Waals surface area (Å²) in [6.45, 7) is 1.69. The molecule has 37 heavy (non-hydrogen) atoms. The van der Waals surface area contributed by atoms with Gasteiger partial charge < -0.3 is 10.6 Å². The molecule has 1 aromatic carbocycles. The zero-order valence-corrected chi connectivity index (χ0v) is 20.3. The van der Waals surface area contributed by atoms with Crippen molar-refractivity contribution in [1.29, 1.82) is 0 Å². The second-order valence-electron chi connectivity index (χ2n) is 8.37. The molecule has 3 aromatic rings. The minimum absolute atomic E-state index is 0.0588. The van der Waals surface area contributed by atoms with E-state index in [1.165, 1.54) is 30.0 Å². The van der Waals surface area contributed by atoms with Gasteiger partial charge in [0.25, 0.3) is 5.91 Å². The Kier molecular flexibility index (Phi) is 7.50. The van der Waals surface area contributed by atoms with E-state index >= 15 is 0 Å². The molecule has 4 rings (SSSR count). The first kappa shape index (κ1) is 26.2. The number of nitrogens with zero attached hydrogens (tertiary/aromatic N) is 5. The van der Waals surface area contributed by atoms with Crippen molar-refractivity contribution in [2.75, 3.05) is 28.6 Å². The number of alkyl halides is 3. The third kappa shape index (κ3) is 6.09. The minimum atomic E-state index is -4.56. The van der Waals surface area contributed by atoms with Crippen LogP contribution in [0.15, 0.2) is 42.5 Å². The van der Waals surface area contributed by atoms with Crippen molar-refractivity contribution in [2.24, 2.45) is 0 Å². The first-order valence-corrected chi connectivity index (χ1v) is 11.6. The second-order valence-corrected chi connectivity index (χ2v) is 8.78. The number of rotatable bonds is 4. The van der Waals surface area contributed by atoms with Gasteiger partial charge in [-0.2, -0.15) is 13.2 Å². The first-order valence-electron chi connectivity index (χ1n) is 11.2. The average molecular weight is 533 g/mol. The van der Waals surface area contributed by atoms with Gasteiger partial charge in [0.2, 0.25) is 0 Å². The maximum absolute atomic E-state index is 13.8. The van der Waals surface area contributed by atoms with Crippen molar-refractivity contribution in [1.82, 2.24) is 15.2 Å². The highest BCUT2D eigenvalue weighted by atomic mass is 35.5. The average Bonchev–Trinajstić information content (AvgIpc) is 3.34. The SMILES string of the molecule is Cc1cc(C(F)(F)F)cc(N2CCC[C@H]2C(=O)N(CC#Cc2ccc(N)nn2)c2ccc(F)c(Cl)c2)n1. The van der Waals surface area contributed by atoms with Crippen molar-refractivity contribution in [3.63, 3.8) is 0 Å². The van der Waals surface area contributed by atoms with E-state index in [1.807, 2.05) is 0 Å². The molecule has 1 aliphatic rings. The molecule has 2 aromatic heterocycles. The maximum atomic E-state index is 13.8. The molecule has 3 heterocycles. The Morgan fingerprint density at radius 1 is 1.22 bits per heavy atom. The lowest BCUT2D eigenvalue weighted by atomic mass is 10.1. The van der Waals surface area contributed by atoms with Crippen LogP contribution in [0.25, 0.3) is 0 Å². The van der Waals surface area contributed by atoms with Gasteiger partial charge >= 0.3 is 6.18 Å². The molecule has 0 bridgehead atoms. The molecule has 12 heteroatoms. The van der Waals surface area contributed by atoms with Crippen LogP contribution in [0.4, 0.5) is 34.9 Å². The van der Waals surface area contributed by atoms with Gasteiger partial charge in [-0.1, -0.05) is 17.5 Å². The number of carbonyl (C=O) groups excluding carboxylic acids is 1. The molecule has 0 radical (unpaired) electrons. The molecule has 7 nitrogen and oxygen atoms in total. The molecule has 0 aliphatic carbocycles. The summed E-state index contributed by atoms with van der Waals surface area (Å²) >= 11 is 5.96. The zero-order valence-electron chi connectivity index (χ0n) is 19.6. The normalized spacial score (nSPS) is 15.3. The fraction of sp³-hybridized carbons (Fsp3) is 0.280. The molecule has 0 saturated carbocycles. The summed E-state index contributed by atoms with van der Waals surface area (Å²) in [5.41, 5.74) is 5.48. The standard InChI is InChI=1S/C25H21ClF4N6O/c1-15-12-16(25(28,29)30)13-23(32-15)36-11-3-5-21(36)24(37)35(18-7-8-20(27)19(26)14-18)10-2-4-17-6-9-22(31)34-33-17/h6-9,12-14,21H,3,5,10-11H2,1H3,(H2,31,34)/t21-/m0/s1. The van der Waals surface area contributed by atoms with Gasteiger partial charge in [0.05, 0.1) is 17.1 Å². The Balaban J connectivity index is 1.67. The number of aryl methyl sites for hydroxylation is 1. The lowest BCUT2D eigenvalue weighted by Gasteiger charge is -2.30. The van der Waals surface area contributed by atoms with Crippen molar-refractivity contribution >= 4 is 34.8 Å². The summed E-state index contributed by atoms with van der Waals surface area (Å²) in [5.74, 6) is 4.82. The topological polar surface area (TPSA) is 88.2 Å². The number of anilines is 3. The Morgan fingerprint density at radius 2 is 2.00 bits per heavy atom. The van der Waals surface area contributed by atoms with E-state index in [0.29, 0.717) is 25.1 Å². The number of pyridine rings is 1. The fourth-order valence-corrected chi connectivity index (χ4v) is 4.18. The van der Waals surface area contributed by atoms with Crippen LogP contribution in [0, 0.1) is 24.6 Å². The number of amides is 1. The summed E-state index contributed by atoms with van der Waals surface area (Å²) in [4.78, 5) is 20.9. The Bertz CT molecular complexity index is 1370. The van der Waals surface area contributed by atoms with E-state index in [9.17, 15) is 22.4 Å². The monoisotopic (exact) mass is 532 g/mol. The van der Waals surface area contributed by atoms with Crippen LogP contribution in [-0.2, 0) is 11.0 Å². The quantitative estimate of drug-likeness (QED) is 0.389. The van der Waals surface area contributed by atoms with E-state index in [1.54, 1.807) is 11.0 Å². The largest absolute Gasteiger partial charge is 0.416 e. The highest BCUT2D eigenvalue weighted by Gasteiger charge is 2.37. The van der Waals surface area contributed by atoms with E-state index in [0.717, 1.165) is 18.2 Å². The Morgan fingerprint density at radius 3 is 2.68 bits per heavy atom. The van der Waals surface area contributed by atoms with Crippen LogP contribution in [-0.4, -0.2) is 40.2 Å². The summed E-state index contributed by atoms with van der Waals surface area (Å²) in [6.07, 6.45) is -3.60. The smallest absolute Gasteiger partial charge is 0.382 e. The van der Waals surface area contributed by atoms with Gasteiger partial charge in [0.1, 0.15) is 29.2 Å². The number of hydrogen-bond donors (Lipinski definition) is 1. The van der Waals surface area contributed by atoms with Crippen molar-refractivity contribution < 1.29 is 22.4 Å². The molecule has 192 valence electrons. The maximum Gasteiger partial charge on any atom is 0.416 e. The molecule has 1 aliphatic heterocycles. The number of aromatic nitrogens is 3. The van der Waals surface area contributed by atoms with Gasteiger partial charge in [-0.05, 0) is 68.2 Å². The van der Waals surface area contributed by atoms with Crippen LogP contribution in [0.2, 0.25) is 5.02 Å². The van der Waals surface area contributed by atoms with Crippen molar-refractivity contribution in [3.8, 4) is 11.8 Å². The fourth-order valence-electron chi connectivity index (χ4n) is 4.01. The van der Waals surface area contributed by atoms with E-state index in [2.05, 4.69) is 27.0 Å². The van der Waals surface area contributed by atoms with Gasteiger partial charge in [0.15, 0.2) is 0 Å². The Hall–Kier alpha value is -3.91. The van der Waals surface area contributed by atoms with Gasteiger partial charge in [0, 0.05) is 17.9 Å². The van der Waals surface area contributed by atoms with Crippen LogP contribution in [0.5, 0.6) is 0 Å². The van der Waals surface area contributed by atoms with Gasteiger partial charge in [-0.25, -0.2) is 9.37 Å². The summed E-state index contributed by atoms with van der Waals surface area (Å²) < 4.78 is 54.1. The molecule has 0 unspecified atom stereocenters. The highest BCUT2D eigenvalue weighted by molar-refractivity contribution is 6.31. The zero-order chi connectivity index (χ0) is 26.7. The lowest BCUT2D eigenvalue weighted by molar-refractivity contribution is -0.137. The number of carbonyl (C=O) groups is 1. The number of hydrogen-bond acceptors (Lipinski definition) is 6. The van der Waals surface area contributed by atoms with Crippen LogP contribution in [0.1, 0.15) is 29.8 Å². The van der Waals surface area contributed by atoms with Crippen molar-refractivity contribution in [3.05, 3.63) is 70.3 Å². The summed E-state index contributed by atoms with van der Waals surface area (Å²) in [6, 6.07) is 7.99. The first-order chi connectivity index (χ1) is 17.5. The predicted octanol–water partition coefficient (Wildman–Crippen LogP) is 4.63. The van der Waals surface area contributed by atoms with Crippen molar-refractivity contribution in [2.45, 2.75) is 32.0 Å². The number of halogens is 5. The molecular formula is C25H21ClF4N6O. The van der Waals surface area contributed by atoms with E-state index in [-0.39, 0.29) is 34.6 Å². The third-order valence-electron chi connectivity index (χ3n) is 5.72. The van der Waals surface area contributed by atoms with Crippen LogP contribution in [0.3, 0.4) is 0 Å². The molecule has 2 N–H and O–H groups in total. The van der Waals surface area contributed by atoms with E-state index < -0.39 is 29.5 Å². The molecule has 1 atom stereocenters. The summed E-state index contributed by atoms with van der Waals surface area (Å²) in [7, 11) is 0. The van der Waals surface area contributed by atoms with E-state index in [4.69, 9.17) is 17.3 Å². The lowest BCUT2D eigenvalue weighted by Crippen LogP contribution is -2.46. The Labute approximate surface area is 215 Å². The predicted molar refractivity (Wildman–Crippen MR) is 131 cm³/mol. The third-order valence-corrected chi connectivity index (χ3v) is 6.01.